The quantitative estimate of drug-likeness (QED) is 0.758. The summed E-state index contributed by atoms with van der Waals surface area (Å²) in [4.78, 5) is 11.7. The van der Waals surface area contributed by atoms with Crippen LogP contribution in [0.4, 0.5) is 0 Å². The van der Waals surface area contributed by atoms with E-state index in [1.54, 1.807) is 12.5 Å². The summed E-state index contributed by atoms with van der Waals surface area (Å²) >= 11 is 0. The summed E-state index contributed by atoms with van der Waals surface area (Å²) in [6.07, 6.45) is 4.39. The molecule has 0 saturated carbocycles. The van der Waals surface area contributed by atoms with Crippen LogP contribution in [-0.2, 0) is 11.2 Å². The second kappa shape index (κ2) is 4.65. The molecule has 1 atom stereocenters. The zero-order valence-electron chi connectivity index (χ0n) is 10.0. The van der Waals surface area contributed by atoms with E-state index in [4.69, 9.17) is 4.42 Å². The molecule has 0 saturated heterocycles. The van der Waals surface area contributed by atoms with Crippen molar-refractivity contribution in [2.45, 2.75) is 40.5 Å². The smallest absolute Gasteiger partial charge is 0.137 e. The van der Waals surface area contributed by atoms with Gasteiger partial charge in [0.25, 0.3) is 0 Å². The first-order chi connectivity index (χ1) is 6.89. The monoisotopic (exact) mass is 208 g/mol. The third-order valence-corrected chi connectivity index (χ3v) is 2.99. The number of carbonyl (C=O) groups excluding carboxylic acids is 1. The van der Waals surface area contributed by atoms with Crippen molar-refractivity contribution in [3.8, 4) is 0 Å². The standard InChI is InChI=1S/C13H20O2/c1-10(13(2,3)4)7-12(14)8-11-5-6-15-9-11/h5-6,9-10H,7-8H2,1-4H3. The molecule has 0 aromatic carbocycles. The van der Waals surface area contributed by atoms with Crippen molar-refractivity contribution in [3.05, 3.63) is 24.2 Å². The summed E-state index contributed by atoms with van der Waals surface area (Å²) in [7, 11) is 0. The average molecular weight is 208 g/mol. The molecular formula is C13H20O2. The molecule has 0 bridgehead atoms. The van der Waals surface area contributed by atoms with E-state index < -0.39 is 0 Å². The van der Waals surface area contributed by atoms with Crippen molar-refractivity contribution in [1.29, 1.82) is 0 Å². The fraction of sp³-hybridized carbons (Fsp3) is 0.615. The van der Waals surface area contributed by atoms with Gasteiger partial charge in [-0.15, -0.1) is 0 Å². The molecular weight excluding hydrogens is 188 g/mol. The predicted octanol–water partition coefficient (Wildman–Crippen LogP) is 3.46. The molecule has 0 aliphatic heterocycles. The Bertz CT molecular complexity index is 304. The molecule has 0 spiro atoms. The Hall–Kier alpha value is -1.05. The molecule has 0 aliphatic carbocycles. The van der Waals surface area contributed by atoms with Crippen molar-refractivity contribution < 1.29 is 9.21 Å². The molecule has 2 nitrogen and oxygen atoms in total. The van der Waals surface area contributed by atoms with Crippen molar-refractivity contribution >= 4 is 5.78 Å². The molecule has 84 valence electrons. The Kier molecular flexibility index (Phi) is 3.72. The Balaban J connectivity index is 2.43. The van der Waals surface area contributed by atoms with Crippen LogP contribution in [0.5, 0.6) is 0 Å². The zero-order chi connectivity index (χ0) is 11.5. The van der Waals surface area contributed by atoms with Gasteiger partial charge in [-0.3, -0.25) is 4.79 Å². The van der Waals surface area contributed by atoms with Crippen molar-refractivity contribution in [3.63, 3.8) is 0 Å². The van der Waals surface area contributed by atoms with Crippen LogP contribution in [0.15, 0.2) is 23.0 Å². The second-order valence-corrected chi connectivity index (χ2v) is 5.32. The lowest BCUT2D eigenvalue weighted by Crippen LogP contribution is -2.21. The van der Waals surface area contributed by atoms with Gasteiger partial charge in [-0.2, -0.15) is 0 Å². The molecule has 0 radical (unpaired) electrons. The highest BCUT2D eigenvalue weighted by molar-refractivity contribution is 5.81. The molecule has 1 aromatic heterocycles. The van der Waals surface area contributed by atoms with Crippen LogP contribution in [0.2, 0.25) is 0 Å². The zero-order valence-corrected chi connectivity index (χ0v) is 10.0. The Labute approximate surface area is 91.7 Å². The van der Waals surface area contributed by atoms with Crippen LogP contribution in [0.25, 0.3) is 0 Å². The highest BCUT2D eigenvalue weighted by Crippen LogP contribution is 2.28. The fourth-order valence-corrected chi connectivity index (χ4v) is 1.34. The normalized spacial score (nSPS) is 13.9. The molecule has 0 fully saturated rings. The molecule has 0 aliphatic rings. The third kappa shape index (κ3) is 3.90. The fourth-order valence-electron chi connectivity index (χ4n) is 1.34. The van der Waals surface area contributed by atoms with Crippen LogP contribution in [0.3, 0.4) is 0 Å². The summed E-state index contributed by atoms with van der Waals surface area (Å²) in [6, 6.07) is 1.85. The van der Waals surface area contributed by atoms with Gasteiger partial charge in [0.05, 0.1) is 12.5 Å². The molecule has 1 rings (SSSR count). The Morgan fingerprint density at radius 3 is 2.60 bits per heavy atom. The highest BCUT2D eigenvalue weighted by atomic mass is 16.3. The summed E-state index contributed by atoms with van der Waals surface area (Å²) < 4.78 is 4.94. The largest absolute Gasteiger partial charge is 0.472 e. The van der Waals surface area contributed by atoms with Gasteiger partial charge >= 0.3 is 0 Å². The van der Waals surface area contributed by atoms with E-state index in [1.807, 2.05) is 6.07 Å². The number of hydrogen-bond acceptors (Lipinski definition) is 2. The van der Waals surface area contributed by atoms with E-state index in [-0.39, 0.29) is 5.41 Å². The van der Waals surface area contributed by atoms with Gasteiger partial charge in [0, 0.05) is 12.8 Å². The van der Waals surface area contributed by atoms with Crippen LogP contribution in [-0.4, -0.2) is 5.78 Å². The third-order valence-electron chi connectivity index (χ3n) is 2.99. The lowest BCUT2D eigenvalue weighted by molar-refractivity contribution is -0.120. The second-order valence-electron chi connectivity index (χ2n) is 5.32. The van der Waals surface area contributed by atoms with E-state index in [1.165, 1.54) is 0 Å². The summed E-state index contributed by atoms with van der Waals surface area (Å²) in [5, 5.41) is 0. The molecule has 1 unspecified atom stereocenters. The Morgan fingerprint density at radius 1 is 1.47 bits per heavy atom. The van der Waals surface area contributed by atoms with Crippen LogP contribution in [0.1, 0.15) is 39.7 Å². The van der Waals surface area contributed by atoms with E-state index in [0.717, 1.165) is 5.56 Å². The topological polar surface area (TPSA) is 30.2 Å². The lowest BCUT2D eigenvalue weighted by Gasteiger charge is -2.26. The summed E-state index contributed by atoms with van der Waals surface area (Å²) in [5.74, 6) is 0.704. The molecule has 1 aromatic rings. The first-order valence-corrected chi connectivity index (χ1v) is 5.42. The number of rotatable bonds is 4. The minimum absolute atomic E-state index is 0.200. The average Bonchev–Trinajstić information content (AvgIpc) is 2.54. The van der Waals surface area contributed by atoms with Crippen molar-refractivity contribution in [1.82, 2.24) is 0 Å². The van der Waals surface area contributed by atoms with E-state index in [0.29, 0.717) is 24.5 Å². The Morgan fingerprint density at radius 2 is 2.13 bits per heavy atom. The number of furan rings is 1. The summed E-state index contributed by atoms with van der Waals surface area (Å²) in [5.41, 5.74) is 1.17. The number of Topliss-reactive ketones (excluding diaryl/α,β-unsaturated/α-hetero) is 1. The van der Waals surface area contributed by atoms with Gasteiger partial charge in [0.1, 0.15) is 5.78 Å². The molecule has 0 amide bonds. The van der Waals surface area contributed by atoms with Gasteiger partial charge in [-0.25, -0.2) is 0 Å². The SMILES string of the molecule is CC(CC(=O)Cc1ccoc1)C(C)(C)C. The van der Waals surface area contributed by atoms with Gasteiger partial charge in [-0.1, -0.05) is 27.7 Å². The van der Waals surface area contributed by atoms with Crippen LogP contribution in [0, 0.1) is 11.3 Å². The lowest BCUT2D eigenvalue weighted by atomic mass is 9.79. The highest BCUT2D eigenvalue weighted by Gasteiger charge is 2.22. The van der Waals surface area contributed by atoms with E-state index in [2.05, 4.69) is 27.7 Å². The molecule has 2 heteroatoms. The number of hydrogen-bond donors (Lipinski definition) is 0. The van der Waals surface area contributed by atoms with E-state index in [9.17, 15) is 4.79 Å². The van der Waals surface area contributed by atoms with Gasteiger partial charge < -0.3 is 4.42 Å². The predicted molar refractivity (Wildman–Crippen MR) is 60.7 cm³/mol. The number of ketones is 1. The van der Waals surface area contributed by atoms with E-state index >= 15 is 0 Å². The van der Waals surface area contributed by atoms with Gasteiger partial charge in [0.2, 0.25) is 0 Å². The van der Waals surface area contributed by atoms with Crippen LogP contribution >= 0.6 is 0 Å². The van der Waals surface area contributed by atoms with Gasteiger partial charge in [0.15, 0.2) is 0 Å². The number of carbonyl (C=O) groups is 1. The van der Waals surface area contributed by atoms with Gasteiger partial charge in [-0.05, 0) is 23.0 Å². The molecule has 15 heavy (non-hydrogen) atoms. The minimum atomic E-state index is 0.200. The molecule has 0 N–H and O–H groups in total. The van der Waals surface area contributed by atoms with Crippen molar-refractivity contribution in [2.24, 2.45) is 11.3 Å². The first-order valence-electron chi connectivity index (χ1n) is 5.42. The van der Waals surface area contributed by atoms with Crippen molar-refractivity contribution in [2.75, 3.05) is 0 Å². The maximum Gasteiger partial charge on any atom is 0.137 e. The first kappa shape index (κ1) is 12.0. The summed E-state index contributed by atoms with van der Waals surface area (Å²) in [6.45, 7) is 8.64. The minimum Gasteiger partial charge on any atom is -0.472 e. The maximum absolute atomic E-state index is 11.7. The maximum atomic E-state index is 11.7. The van der Waals surface area contributed by atoms with Crippen LogP contribution < -0.4 is 0 Å². The molecule has 1 heterocycles.